The molecule has 4 nitrogen and oxygen atoms in total. The smallest absolute Gasteiger partial charge is 0.315 e. The number of nitrogens with one attached hydrogen (secondary N) is 2. The molecule has 0 aromatic carbocycles. The summed E-state index contributed by atoms with van der Waals surface area (Å²) in [6.07, 6.45) is 3.98. The topological polar surface area (TPSA) is 44.4 Å². The molecule has 116 valence electrons. The fourth-order valence-electron chi connectivity index (χ4n) is 2.19. The molecular formula is C16H31N3O. The highest BCUT2D eigenvalue weighted by Gasteiger charge is 2.24. The molecule has 1 saturated heterocycles. The number of carbonyl (C=O) groups is 1. The van der Waals surface area contributed by atoms with Crippen molar-refractivity contribution in [1.82, 2.24) is 15.5 Å². The quantitative estimate of drug-likeness (QED) is 0.735. The van der Waals surface area contributed by atoms with Gasteiger partial charge in [0.05, 0.1) is 0 Å². The molecule has 1 rings (SSSR count). The summed E-state index contributed by atoms with van der Waals surface area (Å²) in [5, 5.41) is 6.10. The van der Waals surface area contributed by atoms with E-state index in [0.717, 1.165) is 32.5 Å². The summed E-state index contributed by atoms with van der Waals surface area (Å²) in [4.78, 5) is 14.3. The van der Waals surface area contributed by atoms with Crippen LogP contribution < -0.4 is 10.6 Å². The Morgan fingerprint density at radius 3 is 2.50 bits per heavy atom. The molecule has 1 heterocycles. The van der Waals surface area contributed by atoms with Crippen LogP contribution in [0.4, 0.5) is 4.79 Å². The highest BCUT2D eigenvalue weighted by atomic mass is 16.2. The van der Waals surface area contributed by atoms with Crippen LogP contribution in [0.25, 0.3) is 0 Å². The Morgan fingerprint density at radius 2 is 2.00 bits per heavy atom. The van der Waals surface area contributed by atoms with Gasteiger partial charge in [0, 0.05) is 32.2 Å². The zero-order chi connectivity index (χ0) is 15.2. The molecular weight excluding hydrogens is 250 g/mol. The highest BCUT2D eigenvalue weighted by molar-refractivity contribution is 5.74. The van der Waals surface area contributed by atoms with E-state index in [2.05, 4.69) is 49.8 Å². The predicted octanol–water partition coefficient (Wildman–Crippen LogP) is 2.62. The van der Waals surface area contributed by atoms with Crippen molar-refractivity contribution in [2.75, 3.05) is 26.2 Å². The predicted molar refractivity (Wildman–Crippen MR) is 84.8 cm³/mol. The van der Waals surface area contributed by atoms with Crippen LogP contribution in [0.15, 0.2) is 12.7 Å². The third-order valence-electron chi connectivity index (χ3n) is 4.58. The second-order valence-corrected chi connectivity index (χ2v) is 6.83. The fourth-order valence-corrected chi connectivity index (χ4v) is 2.19. The second-order valence-electron chi connectivity index (χ2n) is 6.83. The van der Waals surface area contributed by atoms with Crippen LogP contribution in [0.1, 0.15) is 40.5 Å². The summed E-state index contributed by atoms with van der Waals surface area (Å²) in [6.45, 7) is 16.2. The van der Waals surface area contributed by atoms with Crippen LogP contribution in [0, 0.1) is 11.3 Å². The van der Waals surface area contributed by atoms with E-state index in [1.807, 2.05) is 6.08 Å². The standard InChI is InChI=1S/C16H31N3O/c1-6-9-19-10-7-14(8-11-19)18-15(20)17-12-16(4,5)13(2)3/h6,13-14H,1,7-12H2,2-5H3,(H2,17,18,20). The Kier molecular flexibility index (Phi) is 6.53. The van der Waals surface area contributed by atoms with Gasteiger partial charge in [-0.3, -0.25) is 4.90 Å². The molecule has 0 aromatic heterocycles. The van der Waals surface area contributed by atoms with Gasteiger partial charge >= 0.3 is 6.03 Å². The van der Waals surface area contributed by atoms with Gasteiger partial charge in [-0.15, -0.1) is 6.58 Å². The molecule has 2 N–H and O–H groups in total. The van der Waals surface area contributed by atoms with Gasteiger partial charge in [-0.25, -0.2) is 4.79 Å². The molecule has 0 radical (unpaired) electrons. The molecule has 1 fully saturated rings. The first-order valence-corrected chi connectivity index (χ1v) is 7.72. The normalized spacial score (nSPS) is 18.1. The Hall–Kier alpha value is -1.03. The van der Waals surface area contributed by atoms with E-state index >= 15 is 0 Å². The van der Waals surface area contributed by atoms with Gasteiger partial charge in [0.15, 0.2) is 0 Å². The van der Waals surface area contributed by atoms with E-state index < -0.39 is 0 Å². The summed E-state index contributed by atoms with van der Waals surface area (Å²) >= 11 is 0. The molecule has 0 spiro atoms. The van der Waals surface area contributed by atoms with Crippen molar-refractivity contribution < 1.29 is 4.79 Å². The molecule has 1 aliphatic rings. The average Bonchev–Trinajstić information content (AvgIpc) is 2.39. The summed E-state index contributed by atoms with van der Waals surface area (Å²) in [6, 6.07) is 0.277. The second kappa shape index (κ2) is 7.67. The summed E-state index contributed by atoms with van der Waals surface area (Å²) < 4.78 is 0. The summed E-state index contributed by atoms with van der Waals surface area (Å²) in [5.74, 6) is 0.546. The van der Waals surface area contributed by atoms with E-state index in [1.165, 1.54) is 0 Å². The third kappa shape index (κ3) is 5.53. The summed E-state index contributed by atoms with van der Waals surface area (Å²) in [7, 11) is 0. The van der Waals surface area contributed by atoms with Crippen molar-refractivity contribution in [1.29, 1.82) is 0 Å². The molecule has 0 saturated carbocycles. The maximum Gasteiger partial charge on any atom is 0.315 e. The number of carbonyl (C=O) groups excluding carboxylic acids is 1. The Morgan fingerprint density at radius 1 is 1.40 bits per heavy atom. The van der Waals surface area contributed by atoms with Gasteiger partial charge in [0.1, 0.15) is 0 Å². The molecule has 0 atom stereocenters. The maximum atomic E-state index is 11.9. The largest absolute Gasteiger partial charge is 0.338 e. The third-order valence-corrected chi connectivity index (χ3v) is 4.58. The van der Waals surface area contributed by atoms with Crippen LogP contribution in [-0.2, 0) is 0 Å². The van der Waals surface area contributed by atoms with Crippen molar-refractivity contribution in [2.45, 2.75) is 46.6 Å². The molecule has 0 unspecified atom stereocenters. The molecule has 0 aliphatic carbocycles. The number of piperidine rings is 1. The van der Waals surface area contributed by atoms with Crippen molar-refractivity contribution in [3.8, 4) is 0 Å². The van der Waals surface area contributed by atoms with Gasteiger partial charge in [0.2, 0.25) is 0 Å². The number of hydrogen-bond acceptors (Lipinski definition) is 2. The van der Waals surface area contributed by atoms with E-state index in [0.29, 0.717) is 18.5 Å². The molecule has 4 heteroatoms. The SMILES string of the molecule is C=CCN1CCC(NC(=O)NCC(C)(C)C(C)C)CC1. The molecule has 2 amide bonds. The number of likely N-dealkylation sites (tertiary alicyclic amines) is 1. The number of hydrogen-bond donors (Lipinski definition) is 2. The first-order valence-electron chi connectivity index (χ1n) is 7.72. The van der Waals surface area contributed by atoms with Crippen LogP contribution in [0.2, 0.25) is 0 Å². The van der Waals surface area contributed by atoms with Gasteiger partial charge in [-0.1, -0.05) is 33.8 Å². The Balaban J connectivity index is 2.25. The molecule has 0 aromatic rings. The van der Waals surface area contributed by atoms with E-state index in [1.54, 1.807) is 0 Å². The van der Waals surface area contributed by atoms with Gasteiger partial charge in [-0.05, 0) is 24.2 Å². The minimum atomic E-state index is -0.0269. The zero-order valence-corrected chi connectivity index (χ0v) is 13.5. The highest BCUT2D eigenvalue weighted by Crippen LogP contribution is 2.24. The first kappa shape index (κ1) is 17.0. The van der Waals surface area contributed by atoms with Crippen molar-refractivity contribution in [2.24, 2.45) is 11.3 Å². The van der Waals surface area contributed by atoms with E-state index in [-0.39, 0.29) is 11.4 Å². The first-order chi connectivity index (χ1) is 9.35. The van der Waals surface area contributed by atoms with Crippen molar-refractivity contribution in [3.63, 3.8) is 0 Å². The lowest BCUT2D eigenvalue weighted by molar-refractivity contribution is 0.195. The minimum absolute atomic E-state index is 0.0269. The number of amides is 2. The van der Waals surface area contributed by atoms with Gasteiger partial charge in [-0.2, -0.15) is 0 Å². The average molecular weight is 281 g/mol. The van der Waals surface area contributed by atoms with Gasteiger partial charge < -0.3 is 10.6 Å². The van der Waals surface area contributed by atoms with Gasteiger partial charge in [0.25, 0.3) is 0 Å². The molecule has 20 heavy (non-hydrogen) atoms. The lowest BCUT2D eigenvalue weighted by Crippen LogP contribution is -2.49. The molecule has 0 bridgehead atoms. The van der Waals surface area contributed by atoms with Crippen molar-refractivity contribution in [3.05, 3.63) is 12.7 Å². The minimum Gasteiger partial charge on any atom is -0.338 e. The Bertz CT molecular complexity index is 318. The van der Waals surface area contributed by atoms with Crippen LogP contribution in [-0.4, -0.2) is 43.2 Å². The van der Waals surface area contributed by atoms with Crippen LogP contribution in [0.5, 0.6) is 0 Å². The maximum absolute atomic E-state index is 11.9. The molecule has 1 aliphatic heterocycles. The van der Waals surface area contributed by atoms with E-state index in [9.17, 15) is 4.79 Å². The number of urea groups is 1. The Labute approximate surface area is 124 Å². The number of nitrogens with zero attached hydrogens (tertiary/aromatic N) is 1. The van der Waals surface area contributed by atoms with Crippen LogP contribution >= 0.6 is 0 Å². The van der Waals surface area contributed by atoms with Crippen LogP contribution in [0.3, 0.4) is 0 Å². The lowest BCUT2D eigenvalue weighted by atomic mass is 9.81. The van der Waals surface area contributed by atoms with Crippen molar-refractivity contribution >= 4 is 6.03 Å². The monoisotopic (exact) mass is 281 g/mol. The lowest BCUT2D eigenvalue weighted by Gasteiger charge is -2.32. The van der Waals surface area contributed by atoms with E-state index in [4.69, 9.17) is 0 Å². The zero-order valence-electron chi connectivity index (χ0n) is 13.5. The fraction of sp³-hybridized carbons (Fsp3) is 0.812. The summed E-state index contributed by atoms with van der Waals surface area (Å²) in [5.41, 5.74) is 0.130. The number of rotatable bonds is 6.